The number of hydrogen-bond acceptors (Lipinski definition) is 3. The van der Waals surface area contributed by atoms with Crippen LogP contribution in [0, 0.1) is 17.6 Å². The summed E-state index contributed by atoms with van der Waals surface area (Å²) in [4.78, 5) is 14.2. The molecule has 1 aliphatic rings. The molecule has 1 aliphatic heterocycles. The topological polar surface area (TPSA) is 55.6 Å². The highest BCUT2D eigenvalue weighted by atomic mass is 19.2. The Balaban J connectivity index is 1.97. The predicted molar refractivity (Wildman–Crippen MR) is 79.4 cm³/mol. The first-order valence-electron chi connectivity index (χ1n) is 7.54. The maximum atomic E-state index is 13.2. The van der Waals surface area contributed by atoms with Gasteiger partial charge in [-0.1, -0.05) is 0 Å². The van der Waals surface area contributed by atoms with Crippen LogP contribution in [0.15, 0.2) is 18.2 Å². The van der Waals surface area contributed by atoms with Crippen molar-refractivity contribution >= 4 is 5.91 Å². The van der Waals surface area contributed by atoms with E-state index in [0.717, 1.165) is 25.0 Å². The van der Waals surface area contributed by atoms with Crippen LogP contribution in [0.4, 0.5) is 8.78 Å². The van der Waals surface area contributed by atoms with Crippen molar-refractivity contribution in [3.8, 4) is 5.75 Å². The number of rotatable bonds is 4. The Bertz CT molecular complexity index is 537. The fourth-order valence-corrected chi connectivity index (χ4v) is 2.70. The van der Waals surface area contributed by atoms with Crippen molar-refractivity contribution < 1.29 is 18.3 Å². The quantitative estimate of drug-likeness (QED) is 0.928. The first kappa shape index (κ1) is 16.7. The second-order valence-electron chi connectivity index (χ2n) is 5.88. The van der Waals surface area contributed by atoms with Gasteiger partial charge in [0.1, 0.15) is 5.75 Å². The molecule has 1 aromatic rings. The molecular formula is C16H22F2N2O2. The Hall–Kier alpha value is -1.69. The van der Waals surface area contributed by atoms with Crippen LogP contribution in [-0.4, -0.2) is 36.0 Å². The molecule has 2 rings (SSSR count). The van der Waals surface area contributed by atoms with Gasteiger partial charge in [0.2, 0.25) is 0 Å². The van der Waals surface area contributed by atoms with Gasteiger partial charge in [-0.25, -0.2) is 8.78 Å². The van der Waals surface area contributed by atoms with E-state index in [2.05, 4.69) is 0 Å². The van der Waals surface area contributed by atoms with Crippen LogP contribution in [0.25, 0.3) is 0 Å². The first-order valence-corrected chi connectivity index (χ1v) is 7.54. The lowest BCUT2D eigenvalue weighted by atomic mass is 9.92. The molecule has 1 heterocycles. The Labute approximate surface area is 129 Å². The number of benzene rings is 1. The number of likely N-dealkylation sites (tertiary alicyclic amines) is 1. The van der Waals surface area contributed by atoms with E-state index >= 15 is 0 Å². The monoisotopic (exact) mass is 312 g/mol. The van der Waals surface area contributed by atoms with E-state index in [4.69, 9.17) is 10.5 Å². The number of ether oxygens (including phenoxy) is 1. The zero-order valence-electron chi connectivity index (χ0n) is 12.9. The van der Waals surface area contributed by atoms with Crippen LogP contribution >= 0.6 is 0 Å². The number of hydrogen-bond donors (Lipinski definition) is 1. The van der Waals surface area contributed by atoms with E-state index < -0.39 is 17.7 Å². The summed E-state index contributed by atoms with van der Waals surface area (Å²) in [5, 5.41) is 0. The molecule has 22 heavy (non-hydrogen) atoms. The Kier molecular flexibility index (Phi) is 5.34. The summed E-state index contributed by atoms with van der Waals surface area (Å²) in [6.45, 7) is 4.84. The fraction of sp³-hybridized carbons (Fsp3) is 0.562. The van der Waals surface area contributed by atoms with Crippen molar-refractivity contribution in [2.75, 3.05) is 13.1 Å². The zero-order chi connectivity index (χ0) is 16.3. The SMILES string of the molecule is C[C@H](Oc1ccc(F)c(F)c1)C(=O)N1CCC[C@@H]([C@H](C)N)C1. The van der Waals surface area contributed by atoms with Gasteiger partial charge in [-0.3, -0.25) is 4.79 Å². The molecule has 2 N–H and O–H groups in total. The molecule has 3 atom stereocenters. The van der Waals surface area contributed by atoms with E-state index in [1.165, 1.54) is 6.07 Å². The average Bonchev–Trinajstić information content (AvgIpc) is 2.50. The van der Waals surface area contributed by atoms with Crippen molar-refractivity contribution in [1.82, 2.24) is 4.90 Å². The first-order chi connectivity index (χ1) is 10.4. The number of halogens is 2. The summed E-state index contributed by atoms with van der Waals surface area (Å²) in [5.41, 5.74) is 5.91. The zero-order valence-corrected chi connectivity index (χ0v) is 12.9. The van der Waals surface area contributed by atoms with Crippen molar-refractivity contribution in [3.63, 3.8) is 0 Å². The minimum atomic E-state index is -0.993. The van der Waals surface area contributed by atoms with E-state index in [1.807, 2.05) is 6.92 Å². The number of carbonyl (C=O) groups excluding carboxylic acids is 1. The third kappa shape index (κ3) is 3.94. The van der Waals surface area contributed by atoms with Crippen LogP contribution < -0.4 is 10.5 Å². The Morgan fingerprint density at radius 1 is 1.36 bits per heavy atom. The molecule has 1 fully saturated rings. The number of nitrogens with two attached hydrogens (primary N) is 1. The van der Waals surface area contributed by atoms with Crippen LogP contribution in [0.3, 0.4) is 0 Å². The summed E-state index contributed by atoms with van der Waals surface area (Å²) in [7, 11) is 0. The fourth-order valence-electron chi connectivity index (χ4n) is 2.70. The van der Waals surface area contributed by atoms with Gasteiger partial charge in [-0.2, -0.15) is 0 Å². The van der Waals surface area contributed by atoms with Crippen LogP contribution in [0.2, 0.25) is 0 Å². The highest BCUT2D eigenvalue weighted by molar-refractivity contribution is 5.81. The number of carbonyl (C=O) groups is 1. The molecule has 4 nitrogen and oxygen atoms in total. The molecular weight excluding hydrogens is 290 g/mol. The molecule has 1 saturated heterocycles. The van der Waals surface area contributed by atoms with Crippen molar-refractivity contribution in [2.24, 2.45) is 11.7 Å². The summed E-state index contributed by atoms with van der Waals surface area (Å²) >= 11 is 0. The van der Waals surface area contributed by atoms with Crippen molar-refractivity contribution in [1.29, 1.82) is 0 Å². The number of nitrogens with zero attached hydrogens (tertiary/aromatic N) is 1. The van der Waals surface area contributed by atoms with E-state index in [-0.39, 0.29) is 23.6 Å². The summed E-state index contributed by atoms with van der Waals surface area (Å²) in [6.07, 6.45) is 1.17. The molecule has 122 valence electrons. The molecule has 0 bridgehead atoms. The molecule has 6 heteroatoms. The number of amides is 1. The van der Waals surface area contributed by atoms with E-state index in [0.29, 0.717) is 13.1 Å². The summed E-state index contributed by atoms with van der Waals surface area (Å²) < 4.78 is 31.5. The summed E-state index contributed by atoms with van der Waals surface area (Å²) in [6, 6.07) is 3.27. The lowest BCUT2D eigenvalue weighted by Gasteiger charge is -2.35. The van der Waals surface area contributed by atoms with Gasteiger partial charge < -0.3 is 15.4 Å². The summed E-state index contributed by atoms with van der Waals surface area (Å²) in [5.74, 6) is -1.67. The van der Waals surface area contributed by atoms with Crippen molar-refractivity contribution in [2.45, 2.75) is 38.8 Å². The smallest absolute Gasteiger partial charge is 0.263 e. The molecule has 0 radical (unpaired) electrons. The maximum absolute atomic E-state index is 13.2. The number of piperidine rings is 1. The van der Waals surface area contributed by atoms with Gasteiger partial charge in [0, 0.05) is 25.2 Å². The minimum absolute atomic E-state index is 0.0398. The second-order valence-corrected chi connectivity index (χ2v) is 5.88. The lowest BCUT2D eigenvalue weighted by Crippen LogP contribution is -2.48. The molecule has 0 saturated carbocycles. The second kappa shape index (κ2) is 7.05. The van der Waals surface area contributed by atoms with Gasteiger partial charge in [-0.05, 0) is 44.7 Å². The highest BCUT2D eigenvalue weighted by Crippen LogP contribution is 2.21. The molecule has 1 aromatic carbocycles. The van der Waals surface area contributed by atoms with Crippen LogP contribution in [0.5, 0.6) is 5.75 Å². The van der Waals surface area contributed by atoms with E-state index in [9.17, 15) is 13.6 Å². The molecule has 1 amide bonds. The van der Waals surface area contributed by atoms with Gasteiger partial charge >= 0.3 is 0 Å². The van der Waals surface area contributed by atoms with Crippen molar-refractivity contribution in [3.05, 3.63) is 29.8 Å². The standard InChI is InChI=1S/C16H22F2N2O2/c1-10(19)12-4-3-7-20(9-12)16(21)11(2)22-13-5-6-14(17)15(18)8-13/h5-6,8,10-12H,3-4,7,9,19H2,1-2H3/t10-,11-,12+/m0/s1. The molecule has 0 aliphatic carbocycles. The Morgan fingerprint density at radius 3 is 2.73 bits per heavy atom. The van der Waals surface area contributed by atoms with Crippen LogP contribution in [0.1, 0.15) is 26.7 Å². The average molecular weight is 312 g/mol. The lowest BCUT2D eigenvalue weighted by molar-refractivity contribution is -0.139. The molecule has 0 spiro atoms. The Morgan fingerprint density at radius 2 is 2.09 bits per heavy atom. The predicted octanol–water partition coefficient (Wildman–Crippen LogP) is 2.32. The largest absolute Gasteiger partial charge is 0.481 e. The highest BCUT2D eigenvalue weighted by Gasteiger charge is 2.29. The third-order valence-electron chi connectivity index (χ3n) is 4.06. The molecule has 0 aromatic heterocycles. The third-order valence-corrected chi connectivity index (χ3v) is 4.06. The molecule has 0 unspecified atom stereocenters. The maximum Gasteiger partial charge on any atom is 0.263 e. The van der Waals surface area contributed by atoms with Crippen LogP contribution in [-0.2, 0) is 4.79 Å². The van der Waals surface area contributed by atoms with Gasteiger partial charge in [0.15, 0.2) is 17.7 Å². The van der Waals surface area contributed by atoms with Gasteiger partial charge in [0.05, 0.1) is 0 Å². The minimum Gasteiger partial charge on any atom is -0.481 e. The van der Waals surface area contributed by atoms with E-state index in [1.54, 1.807) is 11.8 Å². The normalized spacial score (nSPS) is 21.3. The van der Waals surface area contributed by atoms with Gasteiger partial charge in [0.25, 0.3) is 5.91 Å². The van der Waals surface area contributed by atoms with Gasteiger partial charge in [-0.15, -0.1) is 0 Å².